The van der Waals surface area contributed by atoms with Crippen LogP contribution < -0.4 is 0 Å². The van der Waals surface area contributed by atoms with Crippen molar-refractivity contribution in [3.8, 4) is 5.69 Å². The molecule has 3 rings (SSSR count). The normalized spacial score (nSPS) is 12.8. The van der Waals surface area contributed by atoms with Crippen LogP contribution in [-0.4, -0.2) is 31.5 Å². The minimum atomic E-state index is 0.312. The summed E-state index contributed by atoms with van der Waals surface area (Å²) in [5.74, 6) is 0. The molecule has 0 saturated carbocycles. The summed E-state index contributed by atoms with van der Waals surface area (Å²) in [7, 11) is 4.17. The standard InChI is InChI=1S/C19H25N5/c1-14-19(16(3)23(5)21-14)15(2)22(4)13-17-8-6-9-18(12-17)24-11-7-10-20-24/h6-12,15H,13H2,1-5H3. The zero-order chi connectivity index (χ0) is 17.3. The van der Waals surface area contributed by atoms with Crippen LogP contribution in [0.3, 0.4) is 0 Å². The van der Waals surface area contributed by atoms with Crippen LogP contribution in [0.15, 0.2) is 42.7 Å². The Morgan fingerprint density at radius 2 is 2.00 bits per heavy atom. The highest BCUT2D eigenvalue weighted by Gasteiger charge is 2.20. The Labute approximate surface area is 143 Å². The van der Waals surface area contributed by atoms with Gasteiger partial charge in [-0.15, -0.1) is 0 Å². The molecule has 0 spiro atoms. The Morgan fingerprint density at radius 3 is 2.62 bits per heavy atom. The van der Waals surface area contributed by atoms with Gasteiger partial charge in [-0.1, -0.05) is 12.1 Å². The minimum absolute atomic E-state index is 0.312. The Balaban J connectivity index is 1.79. The van der Waals surface area contributed by atoms with Crippen molar-refractivity contribution >= 4 is 0 Å². The van der Waals surface area contributed by atoms with Gasteiger partial charge in [-0.2, -0.15) is 10.2 Å². The van der Waals surface area contributed by atoms with Crippen molar-refractivity contribution in [2.24, 2.45) is 7.05 Å². The summed E-state index contributed by atoms with van der Waals surface area (Å²) in [6.45, 7) is 7.35. The van der Waals surface area contributed by atoms with Gasteiger partial charge in [0, 0.05) is 43.3 Å². The number of rotatable bonds is 5. The van der Waals surface area contributed by atoms with Crippen molar-refractivity contribution in [3.63, 3.8) is 0 Å². The van der Waals surface area contributed by atoms with Crippen LogP contribution in [0.2, 0.25) is 0 Å². The highest BCUT2D eigenvalue weighted by atomic mass is 15.3. The van der Waals surface area contributed by atoms with E-state index in [4.69, 9.17) is 0 Å². The highest BCUT2D eigenvalue weighted by Crippen LogP contribution is 2.26. The summed E-state index contributed by atoms with van der Waals surface area (Å²) >= 11 is 0. The van der Waals surface area contributed by atoms with Gasteiger partial charge in [-0.05, 0) is 51.6 Å². The van der Waals surface area contributed by atoms with E-state index in [-0.39, 0.29) is 0 Å². The monoisotopic (exact) mass is 323 g/mol. The maximum atomic E-state index is 4.55. The van der Waals surface area contributed by atoms with Gasteiger partial charge < -0.3 is 0 Å². The Bertz CT molecular complexity index is 816. The lowest BCUT2D eigenvalue weighted by Crippen LogP contribution is -2.23. The molecule has 0 aliphatic rings. The van der Waals surface area contributed by atoms with E-state index in [1.54, 1.807) is 6.20 Å². The van der Waals surface area contributed by atoms with Crippen LogP contribution in [0.4, 0.5) is 0 Å². The van der Waals surface area contributed by atoms with Crippen LogP contribution in [0.25, 0.3) is 5.69 Å². The van der Waals surface area contributed by atoms with Gasteiger partial charge >= 0.3 is 0 Å². The average Bonchev–Trinajstić information content (AvgIpc) is 3.16. The van der Waals surface area contributed by atoms with Crippen LogP contribution >= 0.6 is 0 Å². The predicted octanol–water partition coefficient (Wildman–Crippen LogP) is 3.42. The third-order valence-electron chi connectivity index (χ3n) is 4.76. The smallest absolute Gasteiger partial charge is 0.0648 e. The fourth-order valence-electron chi connectivity index (χ4n) is 3.26. The summed E-state index contributed by atoms with van der Waals surface area (Å²) < 4.78 is 3.86. The summed E-state index contributed by atoms with van der Waals surface area (Å²) in [5, 5.41) is 8.85. The number of benzene rings is 1. The summed E-state index contributed by atoms with van der Waals surface area (Å²) in [6.07, 6.45) is 3.77. The van der Waals surface area contributed by atoms with Gasteiger partial charge in [-0.25, -0.2) is 4.68 Å². The fourth-order valence-corrected chi connectivity index (χ4v) is 3.26. The molecule has 5 heteroatoms. The van der Waals surface area contributed by atoms with E-state index in [0.29, 0.717) is 6.04 Å². The molecule has 1 aromatic carbocycles. The molecular weight excluding hydrogens is 298 g/mol. The molecule has 1 unspecified atom stereocenters. The number of hydrogen-bond donors (Lipinski definition) is 0. The van der Waals surface area contributed by atoms with Crippen molar-refractivity contribution in [2.75, 3.05) is 7.05 Å². The molecule has 2 heterocycles. The molecule has 3 aromatic rings. The Morgan fingerprint density at radius 1 is 1.21 bits per heavy atom. The fraction of sp³-hybridized carbons (Fsp3) is 0.368. The highest BCUT2D eigenvalue weighted by molar-refractivity contribution is 5.35. The lowest BCUT2D eigenvalue weighted by Gasteiger charge is -2.25. The SMILES string of the molecule is Cc1nn(C)c(C)c1C(C)N(C)Cc1cccc(-n2cccn2)c1. The summed E-state index contributed by atoms with van der Waals surface area (Å²) in [4.78, 5) is 2.36. The second-order valence-electron chi connectivity index (χ2n) is 6.42. The minimum Gasteiger partial charge on any atom is -0.295 e. The van der Waals surface area contributed by atoms with Crippen molar-refractivity contribution in [1.82, 2.24) is 24.5 Å². The molecule has 0 saturated heterocycles. The van der Waals surface area contributed by atoms with Gasteiger partial charge in [0.15, 0.2) is 0 Å². The first-order chi connectivity index (χ1) is 11.5. The molecular formula is C19H25N5. The third-order valence-corrected chi connectivity index (χ3v) is 4.76. The van der Waals surface area contributed by atoms with Gasteiger partial charge in [0.25, 0.3) is 0 Å². The number of aromatic nitrogens is 4. The first kappa shape index (κ1) is 16.5. The van der Waals surface area contributed by atoms with E-state index in [0.717, 1.165) is 17.9 Å². The van der Waals surface area contributed by atoms with Gasteiger partial charge in [-0.3, -0.25) is 9.58 Å². The van der Waals surface area contributed by atoms with Gasteiger partial charge in [0.05, 0.1) is 11.4 Å². The van der Waals surface area contributed by atoms with Crippen LogP contribution in [0.5, 0.6) is 0 Å². The largest absolute Gasteiger partial charge is 0.295 e. The Hall–Kier alpha value is -2.40. The van der Waals surface area contributed by atoms with Crippen molar-refractivity contribution < 1.29 is 0 Å². The van der Waals surface area contributed by atoms with Crippen LogP contribution in [0.1, 0.15) is 35.5 Å². The quantitative estimate of drug-likeness (QED) is 0.722. The molecule has 24 heavy (non-hydrogen) atoms. The number of aryl methyl sites for hydroxylation is 2. The topological polar surface area (TPSA) is 38.9 Å². The van der Waals surface area contributed by atoms with Gasteiger partial charge in [0.1, 0.15) is 0 Å². The zero-order valence-corrected chi connectivity index (χ0v) is 15.1. The Kier molecular flexibility index (Phi) is 4.53. The van der Waals surface area contributed by atoms with Crippen LogP contribution in [-0.2, 0) is 13.6 Å². The maximum absolute atomic E-state index is 4.55. The molecule has 0 amide bonds. The van der Waals surface area contributed by atoms with Crippen LogP contribution in [0, 0.1) is 13.8 Å². The molecule has 0 radical (unpaired) electrons. The third kappa shape index (κ3) is 3.12. The molecule has 0 fully saturated rings. The summed E-state index contributed by atoms with van der Waals surface area (Å²) in [6, 6.07) is 10.8. The average molecular weight is 323 g/mol. The zero-order valence-electron chi connectivity index (χ0n) is 15.1. The van der Waals surface area contributed by atoms with Gasteiger partial charge in [0.2, 0.25) is 0 Å². The first-order valence-electron chi connectivity index (χ1n) is 8.26. The van der Waals surface area contributed by atoms with E-state index in [1.165, 1.54) is 16.8 Å². The number of nitrogens with zero attached hydrogens (tertiary/aromatic N) is 5. The van der Waals surface area contributed by atoms with Crippen molar-refractivity contribution in [3.05, 3.63) is 65.2 Å². The number of hydrogen-bond acceptors (Lipinski definition) is 3. The molecule has 0 aliphatic carbocycles. The van der Waals surface area contributed by atoms with Crippen molar-refractivity contribution in [1.29, 1.82) is 0 Å². The predicted molar refractivity (Wildman–Crippen MR) is 96.1 cm³/mol. The molecule has 1 atom stereocenters. The van der Waals surface area contributed by atoms with Crippen molar-refractivity contribution in [2.45, 2.75) is 33.4 Å². The lowest BCUT2D eigenvalue weighted by molar-refractivity contribution is 0.251. The maximum Gasteiger partial charge on any atom is 0.0648 e. The molecule has 0 bridgehead atoms. The lowest BCUT2D eigenvalue weighted by atomic mass is 10.0. The summed E-state index contributed by atoms with van der Waals surface area (Å²) in [5.41, 5.74) is 6.03. The van der Waals surface area contributed by atoms with E-state index in [9.17, 15) is 0 Å². The second kappa shape index (κ2) is 6.61. The molecule has 5 nitrogen and oxygen atoms in total. The molecule has 126 valence electrons. The molecule has 0 N–H and O–H groups in total. The molecule has 2 aromatic heterocycles. The first-order valence-corrected chi connectivity index (χ1v) is 8.26. The van der Waals surface area contributed by atoms with E-state index in [1.807, 2.05) is 28.7 Å². The second-order valence-corrected chi connectivity index (χ2v) is 6.42. The van der Waals surface area contributed by atoms with E-state index >= 15 is 0 Å². The molecule has 0 aliphatic heterocycles. The van der Waals surface area contributed by atoms with E-state index < -0.39 is 0 Å². The van der Waals surface area contributed by atoms with E-state index in [2.05, 4.69) is 67.2 Å².